The Hall–Kier alpha value is -1.68. The van der Waals surface area contributed by atoms with Crippen LogP contribution in [0.25, 0.3) is 11.1 Å². The molecule has 0 aromatic heterocycles. The molecule has 3 nitrogen and oxygen atoms in total. The van der Waals surface area contributed by atoms with Gasteiger partial charge in [0.15, 0.2) is 0 Å². The fourth-order valence-electron chi connectivity index (χ4n) is 3.76. The highest BCUT2D eigenvalue weighted by molar-refractivity contribution is 5.63. The molecule has 2 aromatic carbocycles. The first-order valence-electron chi connectivity index (χ1n) is 7.95. The van der Waals surface area contributed by atoms with Crippen LogP contribution >= 0.6 is 0 Å². The van der Waals surface area contributed by atoms with Gasteiger partial charge in [-0.2, -0.15) is 0 Å². The number of nitrogens with one attached hydrogen (secondary N) is 1. The van der Waals surface area contributed by atoms with Crippen LogP contribution in [0, 0.1) is 0 Å². The summed E-state index contributed by atoms with van der Waals surface area (Å²) in [5.74, 6) is 0. The van der Waals surface area contributed by atoms with Gasteiger partial charge in [-0.1, -0.05) is 54.6 Å². The van der Waals surface area contributed by atoms with Gasteiger partial charge in [-0.05, 0) is 29.5 Å². The van der Waals surface area contributed by atoms with E-state index in [0.29, 0.717) is 26.1 Å². The first kappa shape index (κ1) is 13.9. The fourth-order valence-corrected chi connectivity index (χ4v) is 3.76. The molecule has 2 saturated heterocycles. The second kappa shape index (κ2) is 5.51. The number of fused-ring (bicyclic) bond motifs is 2. The average Bonchev–Trinajstić information content (AvgIpc) is 2.55. The minimum Gasteiger partial charge on any atom is -0.385 e. The number of ether oxygens (including phenoxy) is 1. The van der Waals surface area contributed by atoms with Crippen LogP contribution < -0.4 is 5.32 Å². The van der Waals surface area contributed by atoms with Crippen molar-refractivity contribution >= 4 is 0 Å². The van der Waals surface area contributed by atoms with Gasteiger partial charge in [-0.3, -0.25) is 0 Å². The molecule has 4 rings (SSSR count). The van der Waals surface area contributed by atoms with Crippen molar-refractivity contribution in [2.75, 3.05) is 13.2 Å². The first-order chi connectivity index (χ1) is 10.7. The molecule has 2 unspecified atom stereocenters. The normalized spacial score (nSPS) is 31.0. The van der Waals surface area contributed by atoms with E-state index in [1.54, 1.807) is 0 Å². The summed E-state index contributed by atoms with van der Waals surface area (Å²) in [6, 6.07) is 19.2. The standard InChI is InChI=1S/C19H21NO2/c21-19(10-17-12-22-13-18(11-19)20-17)16-8-6-15(7-9-16)14-4-2-1-3-5-14/h1-9,17-18,20-21H,10-13H2. The summed E-state index contributed by atoms with van der Waals surface area (Å²) in [6.07, 6.45) is 1.43. The smallest absolute Gasteiger partial charge is 0.0927 e. The van der Waals surface area contributed by atoms with E-state index >= 15 is 0 Å². The van der Waals surface area contributed by atoms with Crippen LogP contribution in [0.4, 0.5) is 0 Å². The lowest BCUT2D eigenvalue weighted by Crippen LogP contribution is -2.58. The van der Waals surface area contributed by atoms with Crippen molar-refractivity contribution < 1.29 is 9.84 Å². The van der Waals surface area contributed by atoms with E-state index in [0.717, 1.165) is 5.56 Å². The molecule has 2 N–H and O–H groups in total. The maximum absolute atomic E-state index is 11.1. The van der Waals surface area contributed by atoms with Gasteiger partial charge < -0.3 is 15.2 Å². The van der Waals surface area contributed by atoms with Crippen LogP contribution in [0.3, 0.4) is 0 Å². The van der Waals surface area contributed by atoms with Crippen molar-refractivity contribution in [1.29, 1.82) is 0 Å². The highest BCUT2D eigenvalue weighted by Crippen LogP contribution is 2.37. The second-order valence-corrected chi connectivity index (χ2v) is 6.48. The summed E-state index contributed by atoms with van der Waals surface area (Å²) in [5.41, 5.74) is 2.67. The number of hydrogen-bond acceptors (Lipinski definition) is 3. The molecule has 0 radical (unpaired) electrons. The maximum atomic E-state index is 11.1. The summed E-state index contributed by atoms with van der Waals surface area (Å²) < 4.78 is 5.57. The van der Waals surface area contributed by atoms with Crippen LogP contribution in [-0.2, 0) is 10.3 Å². The number of benzene rings is 2. The number of aliphatic hydroxyl groups is 1. The molecule has 2 heterocycles. The molecule has 2 aliphatic rings. The first-order valence-corrected chi connectivity index (χ1v) is 7.95. The number of hydrogen-bond donors (Lipinski definition) is 2. The lowest BCUT2D eigenvalue weighted by Gasteiger charge is -2.45. The molecule has 3 heteroatoms. The van der Waals surface area contributed by atoms with Crippen molar-refractivity contribution in [1.82, 2.24) is 5.32 Å². The average molecular weight is 295 g/mol. The van der Waals surface area contributed by atoms with E-state index in [1.807, 2.05) is 18.2 Å². The quantitative estimate of drug-likeness (QED) is 0.895. The van der Waals surface area contributed by atoms with Crippen LogP contribution in [-0.4, -0.2) is 30.4 Å². The summed E-state index contributed by atoms with van der Waals surface area (Å²) in [4.78, 5) is 0. The van der Waals surface area contributed by atoms with E-state index < -0.39 is 5.60 Å². The monoisotopic (exact) mass is 295 g/mol. The van der Waals surface area contributed by atoms with Gasteiger partial charge in [0.1, 0.15) is 0 Å². The second-order valence-electron chi connectivity index (χ2n) is 6.48. The highest BCUT2D eigenvalue weighted by atomic mass is 16.5. The van der Waals surface area contributed by atoms with Gasteiger partial charge >= 0.3 is 0 Å². The number of piperidine rings is 1. The Morgan fingerprint density at radius 1 is 0.864 bits per heavy atom. The molecule has 2 aliphatic heterocycles. The predicted molar refractivity (Wildman–Crippen MR) is 86.5 cm³/mol. The maximum Gasteiger partial charge on any atom is 0.0927 e. The van der Waals surface area contributed by atoms with Gasteiger partial charge in [0.05, 0.1) is 18.8 Å². The van der Waals surface area contributed by atoms with Crippen molar-refractivity contribution in [2.24, 2.45) is 0 Å². The van der Waals surface area contributed by atoms with E-state index in [9.17, 15) is 5.11 Å². The van der Waals surface area contributed by atoms with E-state index in [4.69, 9.17) is 4.74 Å². The number of morpholine rings is 1. The van der Waals surface area contributed by atoms with Gasteiger partial charge in [-0.15, -0.1) is 0 Å². The molecule has 2 atom stereocenters. The molecule has 22 heavy (non-hydrogen) atoms. The van der Waals surface area contributed by atoms with Gasteiger partial charge in [0, 0.05) is 12.1 Å². The predicted octanol–water partition coefficient (Wildman–Crippen LogP) is 2.69. The Morgan fingerprint density at radius 2 is 1.45 bits per heavy atom. The van der Waals surface area contributed by atoms with Crippen molar-refractivity contribution in [3.05, 3.63) is 60.2 Å². The minimum atomic E-state index is -0.737. The van der Waals surface area contributed by atoms with E-state index in [1.165, 1.54) is 11.1 Å². The Labute approximate surface area is 130 Å². The summed E-state index contributed by atoms with van der Waals surface area (Å²) >= 11 is 0. The van der Waals surface area contributed by atoms with Crippen LogP contribution in [0.15, 0.2) is 54.6 Å². The topological polar surface area (TPSA) is 41.5 Å². The molecule has 0 amide bonds. The van der Waals surface area contributed by atoms with E-state index in [-0.39, 0.29) is 12.1 Å². The fraction of sp³-hybridized carbons (Fsp3) is 0.368. The Bertz CT molecular complexity index is 626. The third kappa shape index (κ3) is 2.56. The Morgan fingerprint density at radius 3 is 2.09 bits per heavy atom. The van der Waals surface area contributed by atoms with Gasteiger partial charge in [0.2, 0.25) is 0 Å². The zero-order valence-corrected chi connectivity index (χ0v) is 12.5. The van der Waals surface area contributed by atoms with Crippen LogP contribution in [0.2, 0.25) is 0 Å². The largest absolute Gasteiger partial charge is 0.385 e. The van der Waals surface area contributed by atoms with Crippen LogP contribution in [0.5, 0.6) is 0 Å². The Balaban J connectivity index is 1.60. The third-order valence-corrected chi connectivity index (χ3v) is 4.81. The number of rotatable bonds is 2. The van der Waals surface area contributed by atoms with E-state index in [2.05, 4.69) is 41.7 Å². The third-order valence-electron chi connectivity index (χ3n) is 4.81. The molecule has 0 aliphatic carbocycles. The molecular weight excluding hydrogens is 274 g/mol. The summed E-state index contributed by atoms with van der Waals surface area (Å²) in [7, 11) is 0. The zero-order chi connectivity index (χ0) is 15.0. The molecular formula is C19H21NO2. The summed E-state index contributed by atoms with van der Waals surface area (Å²) in [6.45, 7) is 1.39. The summed E-state index contributed by atoms with van der Waals surface area (Å²) in [5, 5.41) is 14.6. The molecule has 0 spiro atoms. The van der Waals surface area contributed by atoms with Crippen molar-refractivity contribution in [3.8, 4) is 11.1 Å². The molecule has 2 bridgehead atoms. The SMILES string of the molecule is OC1(c2ccc(-c3ccccc3)cc2)CC2COCC(C1)N2. The lowest BCUT2D eigenvalue weighted by molar-refractivity contribution is -0.0802. The lowest BCUT2D eigenvalue weighted by atomic mass is 9.78. The van der Waals surface area contributed by atoms with Gasteiger partial charge in [-0.25, -0.2) is 0 Å². The Kier molecular flexibility index (Phi) is 3.49. The van der Waals surface area contributed by atoms with Crippen molar-refractivity contribution in [2.45, 2.75) is 30.5 Å². The zero-order valence-electron chi connectivity index (χ0n) is 12.5. The molecule has 0 saturated carbocycles. The molecule has 2 fully saturated rings. The minimum absolute atomic E-state index is 0.256. The van der Waals surface area contributed by atoms with Crippen molar-refractivity contribution in [3.63, 3.8) is 0 Å². The van der Waals surface area contributed by atoms with Gasteiger partial charge in [0.25, 0.3) is 0 Å². The molecule has 2 aromatic rings. The molecule has 114 valence electrons. The highest BCUT2D eigenvalue weighted by Gasteiger charge is 2.42. The van der Waals surface area contributed by atoms with Crippen LogP contribution in [0.1, 0.15) is 18.4 Å².